The molecule has 7 heteroatoms. The Morgan fingerprint density at radius 1 is 1.04 bits per heavy atom. The second-order valence-corrected chi connectivity index (χ2v) is 6.16. The molecule has 0 aromatic heterocycles. The fourth-order valence-electron chi connectivity index (χ4n) is 2.74. The van der Waals surface area contributed by atoms with E-state index in [4.69, 9.17) is 9.47 Å². The molecule has 1 heterocycles. The molecule has 27 heavy (non-hydrogen) atoms. The fraction of sp³-hybridized carbons (Fsp3) is 0.300. The van der Waals surface area contributed by atoms with Gasteiger partial charge in [0.1, 0.15) is 5.82 Å². The van der Waals surface area contributed by atoms with Crippen molar-refractivity contribution in [2.75, 3.05) is 43.1 Å². The van der Waals surface area contributed by atoms with Crippen molar-refractivity contribution in [3.05, 3.63) is 59.9 Å². The molecular weight excluding hydrogens is 351 g/mol. The fourth-order valence-corrected chi connectivity index (χ4v) is 2.74. The van der Waals surface area contributed by atoms with Crippen LogP contribution in [0.25, 0.3) is 0 Å². The van der Waals surface area contributed by atoms with Crippen molar-refractivity contribution < 1.29 is 23.5 Å². The van der Waals surface area contributed by atoms with Gasteiger partial charge < -0.3 is 19.7 Å². The first kappa shape index (κ1) is 18.8. The number of hydrogen-bond donors (Lipinski definition) is 1. The number of carbonyl (C=O) groups excluding carboxylic acids is 2. The number of esters is 1. The number of hydrogen-bond acceptors (Lipinski definition) is 5. The smallest absolute Gasteiger partial charge is 0.310 e. The molecule has 1 N–H and O–H groups in total. The van der Waals surface area contributed by atoms with E-state index < -0.39 is 11.9 Å². The predicted molar refractivity (Wildman–Crippen MR) is 99.2 cm³/mol. The first-order valence-corrected chi connectivity index (χ1v) is 8.73. The molecule has 2 aromatic carbocycles. The van der Waals surface area contributed by atoms with Gasteiger partial charge in [0.25, 0.3) is 5.91 Å². The molecule has 1 saturated heterocycles. The van der Waals surface area contributed by atoms with E-state index in [1.165, 1.54) is 24.3 Å². The summed E-state index contributed by atoms with van der Waals surface area (Å²) in [5.74, 6) is -1.33. The normalized spacial score (nSPS) is 13.9. The number of carbonyl (C=O) groups is 2. The SMILES string of the molecule is O=C(COC(=O)Cc1ccc(F)cc1)Nc1ccc(N2CCOCC2)cc1. The number of halogens is 1. The van der Waals surface area contributed by atoms with Crippen molar-refractivity contribution >= 4 is 23.3 Å². The van der Waals surface area contributed by atoms with Gasteiger partial charge >= 0.3 is 5.97 Å². The maximum atomic E-state index is 12.8. The average molecular weight is 372 g/mol. The van der Waals surface area contributed by atoms with Crippen LogP contribution in [0.5, 0.6) is 0 Å². The minimum absolute atomic E-state index is 0.0121. The van der Waals surface area contributed by atoms with Gasteiger partial charge in [0.15, 0.2) is 6.61 Å². The highest BCUT2D eigenvalue weighted by Gasteiger charge is 2.12. The Morgan fingerprint density at radius 3 is 2.37 bits per heavy atom. The maximum absolute atomic E-state index is 12.8. The molecule has 0 atom stereocenters. The number of morpholine rings is 1. The van der Waals surface area contributed by atoms with Gasteiger partial charge in [0, 0.05) is 24.5 Å². The Kier molecular flexibility index (Phi) is 6.38. The first-order chi connectivity index (χ1) is 13.1. The quantitative estimate of drug-likeness (QED) is 0.789. The van der Waals surface area contributed by atoms with E-state index >= 15 is 0 Å². The maximum Gasteiger partial charge on any atom is 0.310 e. The molecule has 1 amide bonds. The zero-order valence-electron chi connectivity index (χ0n) is 14.8. The molecule has 0 unspecified atom stereocenters. The highest BCUT2D eigenvalue weighted by Crippen LogP contribution is 2.19. The molecule has 6 nitrogen and oxygen atoms in total. The van der Waals surface area contributed by atoms with E-state index in [-0.39, 0.29) is 18.8 Å². The van der Waals surface area contributed by atoms with Crippen LogP contribution >= 0.6 is 0 Å². The van der Waals surface area contributed by atoms with Crippen LogP contribution in [0.2, 0.25) is 0 Å². The monoisotopic (exact) mass is 372 g/mol. The Morgan fingerprint density at radius 2 is 1.70 bits per heavy atom. The van der Waals surface area contributed by atoms with Crippen LogP contribution in [0.4, 0.5) is 15.8 Å². The average Bonchev–Trinajstić information content (AvgIpc) is 2.69. The van der Waals surface area contributed by atoms with E-state index in [1.54, 1.807) is 0 Å². The highest BCUT2D eigenvalue weighted by molar-refractivity contribution is 5.93. The van der Waals surface area contributed by atoms with Gasteiger partial charge in [-0.25, -0.2) is 4.39 Å². The number of anilines is 2. The lowest BCUT2D eigenvalue weighted by atomic mass is 10.1. The van der Waals surface area contributed by atoms with Crippen molar-refractivity contribution in [2.24, 2.45) is 0 Å². The van der Waals surface area contributed by atoms with Gasteiger partial charge in [-0.3, -0.25) is 9.59 Å². The molecule has 2 aromatic rings. The third-order valence-corrected chi connectivity index (χ3v) is 4.15. The lowest BCUT2D eigenvalue weighted by Crippen LogP contribution is -2.36. The minimum atomic E-state index is -0.542. The van der Waals surface area contributed by atoms with Crippen LogP contribution in [0.3, 0.4) is 0 Å². The van der Waals surface area contributed by atoms with Gasteiger partial charge in [-0.05, 0) is 42.0 Å². The second kappa shape index (κ2) is 9.14. The topological polar surface area (TPSA) is 67.9 Å². The number of rotatable bonds is 6. The molecule has 0 aliphatic carbocycles. The molecule has 1 aliphatic heterocycles. The molecule has 1 aliphatic rings. The van der Waals surface area contributed by atoms with Crippen molar-refractivity contribution in [3.8, 4) is 0 Å². The van der Waals surface area contributed by atoms with Gasteiger partial charge in [-0.1, -0.05) is 12.1 Å². The molecule has 1 fully saturated rings. The van der Waals surface area contributed by atoms with Crippen LogP contribution in [-0.4, -0.2) is 44.8 Å². The Labute approximate surface area is 156 Å². The molecule has 3 rings (SSSR count). The van der Waals surface area contributed by atoms with Gasteiger partial charge in [0.05, 0.1) is 19.6 Å². The van der Waals surface area contributed by atoms with E-state index in [9.17, 15) is 14.0 Å². The number of nitrogens with one attached hydrogen (secondary N) is 1. The van der Waals surface area contributed by atoms with Gasteiger partial charge in [-0.2, -0.15) is 0 Å². The summed E-state index contributed by atoms with van der Waals surface area (Å²) in [6.45, 7) is 2.74. The standard InChI is InChI=1S/C20H21FN2O4/c21-16-3-1-15(2-4-16)13-20(25)27-14-19(24)22-17-5-7-18(8-6-17)23-9-11-26-12-10-23/h1-8H,9-14H2,(H,22,24). The predicted octanol–water partition coefficient (Wildman–Crippen LogP) is 2.39. The van der Waals surface area contributed by atoms with E-state index in [0.29, 0.717) is 24.5 Å². The molecule has 0 radical (unpaired) electrons. The zero-order valence-corrected chi connectivity index (χ0v) is 14.8. The number of ether oxygens (including phenoxy) is 2. The third-order valence-electron chi connectivity index (χ3n) is 4.15. The van der Waals surface area contributed by atoms with E-state index in [1.807, 2.05) is 24.3 Å². The van der Waals surface area contributed by atoms with Crippen molar-refractivity contribution in [1.82, 2.24) is 0 Å². The summed E-state index contributed by atoms with van der Waals surface area (Å²) in [6.07, 6.45) is -0.0121. The second-order valence-electron chi connectivity index (χ2n) is 6.16. The number of amides is 1. The lowest BCUT2D eigenvalue weighted by molar-refractivity contribution is -0.146. The first-order valence-electron chi connectivity index (χ1n) is 8.73. The Balaban J connectivity index is 1.43. The van der Waals surface area contributed by atoms with Crippen LogP contribution in [0, 0.1) is 5.82 Å². The summed E-state index contributed by atoms with van der Waals surface area (Å²) in [7, 11) is 0. The summed E-state index contributed by atoms with van der Waals surface area (Å²) in [5.41, 5.74) is 2.33. The van der Waals surface area contributed by atoms with E-state index in [0.717, 1.165) is 18.8 Å². The molecular formula is C20H21FN2O4. The van der Waals surface area contributed by atoms with Crippen LogP contribution in [-0.2, 0) is 25.5 Å². The zero-order chi connectivity index (χ0) is 19.1. The Bertz CT molecular complexity index is 772. The minimum Gasteiger partial charge on any atom is -0.455 e. The van der Waals surface area contributed by atoms with Crippen molar-refractivity contribution in [1.29, 1.82) is 0 Å². The summed E-state index contributed by atoms with van der Waals surface area (Å²) >= 11 is 0. The van der Waals surface area contributed by atoms with Gasteiger partial charge in [0.2, 0.25) is 0 Å². The Hall–Kier alpha value is -2.93. The number of benzene rings is 2. The summed E-state index contributed by atoms with van der Waals surface area (Å²) in [5, 5.41) is 2.69. The molecule has 0 spiro atoms. The summed E-state index contributed by atoms with van der Waals surface area (Å²) in [4.78, 5) is 25.9. The largest absolute Gasteiger partial charge is 0.455 e. The lowest BCUT2D eigenvalue weighted by Gasteiger charge is -2.28. The molecule has 0 saturated carbocycles. The highest BCUT2D eigenvalue weighted by atomic mass is 19.1. The van der Waals surface area contributed by atoms with Gasteiger partial charge in [-0.15, -0.1) is 0 Å². The van der Waals surface area contributed by atoms with Crippen LogP contribution < -0.4 is 10.2 Å². The van der Waals surface area contributed by atoms with Crippen molar-refractivity contribution in [2.45, 2.75) is 6.42 Å². The third kappa shape index (κ3) is 5.79. The van der Waals surface area contributed by atoms with Crippen LogP contribution in [0.15, 0.2) is 48.5 Å². The van der Waals surface area contributed by atoms with Crippen LogP contribution in [0.1, 0.15) is 5.56 Å². The van der Waals surface area contributed by atoms with E-state index in [2.05, 4.69) is 10.2 Å². The number of nitrogens with zero attached hydrogens (tertiary/aromatic N) is 1. The molecule has 0 bridgehead atoms. The summed E-state index contributed by atoms with van der Waals surface area (Å²) < 4.78 is 23.1. The molecule has 142 valence electrons. The summed E-state index contributed by atoms with van der Waals surface area (Å²) in [6, 6.07) is 13.0. The van der Waals surface area contributed by atoms with Crippen molar-refractivity contribution in [3.63, 3.8) is 0 Å².